The van der Waals surface area contributed by atoms with E-state index in [-0.39, 0.29) is 29.0 Å². The molecule has 0 aromatic heterocycles. The average molecular weight is 290 g/mol. The van der Waals surface area contributed by atoms with E-state index in [1.165, 1.54) is 0 Å². The van der Waals surface area contributed by atoms with Gasteiger partial charge in [0.2, 0.25) is 5.91 Å². The van der Waals surface area contributed by atoms with Crippen LogP contribution in [0, 0.1) is 17.3 Å². The minimum atomic E-state index is -0.125. The molecule has 3 atom stereocenters. The van der Waals surface area contributed by atoms with E-state index in [9.17, 15) is 9.90 Å². The maximum Gasteiger partial charge on any atom is 0.230 e. The third kappa shape index (κ3) is 2.91. The lowest BCUT2D eigenvalue weighted by molar-refractivity contribution is -0.129. The molecule has 0 heterocycles. The number of benzene rings is 1. The quantitative estimate of drug-likeness (QED) is 0.880. The molecule has 1 fully saturated rings. The number of anilines is 1. The molecule has 4 heteroatoms. The van der Waals surface area contributed by atoms with Crippen molar-refractivity contribution < 1.29 is 9.90 Å². The molecule has 2 rings (SSSR count). The van der Waals surface area contributed by atoms with Crippen molar-refractivity contribution in [2.45, 2.75) is 39.7 Å². The number of carbonyl (C=O) groups excluding carboxylic acids is 1. The van der Waals surface area contributed by atoms with Crippen molar-refractivity contribution >= 4 is 11.6 Å². The van der Waals surface area contributed by atoms with Gasteiger partial charge in [-0.15, -0.1) is 0 Å². The second-order valence-electron chi connectivity index (χ2n) is 6.82. The molecule has 0 radical (unpaired) electrons. The van der Waals surface area contributed by atoms with E-state index in [2.05, 4.69) is 20.8 Å². The number of hydrogen-bond donors (Lipinski definition) is 2. The Bertz CT molecular complexity index is 527. The Labute approximate surface area is 126 Å². The first-order valence-electron chi connectivity index (χ1n) is 7.57. The minimum absolute atomic E-state index is 0.0420. The summed E-state index contributed by atoms with van der Waals surface area (Å²) in [5.74, 6) is 0.534. The zero-order valence-electron chi connectivity index (χ0n) is 13.3. The van der Waals surface area contributed by atoms with Crippen LogP contribution in [0.15, 0.2) is 24.3 Å². The van der Waals surface area contributed by atoms with Crippen molar-refractivity contribution in [1.29, 1.82) is 0 Å². The number of amides is 1. The monoisotopic (exact) mass is 290 g/mol. The van der Waals surface area contributed by atoms with Crippen molar-refractivity contribution in [3.8, 4) is 5.75 Å². The highest BCUT2D eigenvalue weighted by molar-refractivity contribution is 5.95. The fourth-order valence-electron chi connectivity index (χ4n) is 3.35. The summed E-state index contributed by atoms with van der Waals surface area (Å²) in [6, 6.07) is 6.97. The van der Waals surface area contributed by atoms with Gasteiger partial charge in [0, 0.05) is 30.8 Å². The summed E-state index contributed by atoms with van der Waals surface area (Å²) in [6.45, 7) is 6.41. The van der Waals surface area contributed by atoms with E-state index in [0.29, 0.717) is 5.92 Å². The van der Waals surface area contributed by atoms with Gasteiger partial charge in [0.05, 0.1) is 0 Å². The van der Waals surface area contributed by atoms with Gasteiger partial charge >= 0.3 is 0 Å². The summed E-state index contributed by atoms with van der Waals surface area (Å²) in [5, 5.41) is 9.58. The third-order valence-electron chi connectivity index (χ3n) is 5.35. The lowest BCUT2D eigenvalue weighted by atomic mass is 9.60. The van der Waals surface area contributed by atoms with E-state index >= 15 is 0 Å². The lowest BCUT2D eigenvalue weighted by Crippen LogP contribution is -2.52. The fraction of sp³-hybridized carbons (Fsp3) is 0.588. The van der Waals surface area contributed by atoms with Crippen LogP contribution in [0.3, 0.4) is 0 Å². The number of hydrogen-bond acceptors (Lipinski definition) is 3. The van der Waals surface area contributed by atoms with Gasteiger partial charge < -0.3 is 15.7 Å². The molecule has 1 aromatic carbocycles. The Kier molecular flexibility index (Phi) is 4.28. The normalized spacial score (nSPS) is 28.1. The highest BCUT2D eigenvalue weighted by Crippen LogP contribution is 2.45. The van der Waals surface area contributed by atoms with Gasteiger partial charge in [0.25, 0.3) is 0 Å². The number of nitrogens with zero attached hydrogens (tertiary/aromatic N) is 1. The molecule has 3 unspecified atom stereocenters. The smallest absolute Gasteiger partial charge is 0.230 e. The molecular formula is C17H26N2O2. The summed E-state index contributed by atoms with van der Waals surface area (Å²) < 4.78 is 0. The van der Waals surface area contributed by atoms with Crippen LogP contribution >= 0.6 is 0 Å². The van der Waals surface area contributed by atoms with Crippen LogP contribution in [0.25, 0.3) is 0 Å². The zero-order chi connectivity index (χ0) is 15.8. The molecule has 116 valence electrons. The number of nitrogens with two attached hydrogens (primary N) is 1. The summed E-state index contributed by atoms with van der Waals surface area (Å²) in [6.07, 6.45) is 1.70. The second kappa shape index (κ2) is 5.68. The molecule has 1 aromatic rings. The highest BCUT2D eigenvalue weighted by atomic mass is 16.3. The largest absolute Gasteiger partial charge is 0.508 e. The molecule has 3 N–H and O–H groups in total. The van der Waals surface area contributed by atoms with Crippen molar-refractivity contribution in [2.24, 2.45) is 23.0 Å². The van der Waals surface area contributed by atoms with Crippen molar-refractivity contribution in [2.75, 3.05) is 11.9 Å². The van der Waals surface area contributed by atoms with Gasteiger partial charge in [-0.2, -0.15) is 0 Å². The van der Waals surface area contributed by atoms with E-state index < -0.39 is 0 Å². The van der Waals surface area contributed by atoms with Crippen LogP contribution in [0.2, 0.25) is 0 Å². The molecule has 1 saturated carbocycles. The summed E-state index contributed by atoms with van der Waals surface area (Å²) in [4.78, 5) is 14.5. The molecule has 21 heavy (non-hydrogen) atoms. The van der Waals surface area contributed by atoms with Crippen LogP contribution < -0.4 is 10.6 Å². The summed E-state index contributed by atoms with van der Waals surface area (Å²) >= 11 is 0. The van der Waals surface area contributed by atoms with Gasteiger partial charge in [0.15, 0.2) is 0 Å². The Morgan fingerprint density at radius 2 is 2.05 bits per heavy atom. The van der Waals surface area contributed by atoms with Crippen LogP contribution in [-0.2, 0) is 4.79 Å². The minimum Gasteiger partial charge on any atom is -0.508 e. The number of carbonyl (C=O) groups is 1. The van der Waals surface area contributed by atoms with Gasteiger partial charge in [-0.1, -0.05) is 26.8 Å². The summed E-state index contributed by atoms with van der Waals surface area (Å²) in [5.41, 5.74) is 6.76. The number of phenolic OH excluding ortho intramolecular Hbond substituents is 1. The van der Waals surface area contributed by atoms with Gasteiger partial charge in [0.1, 0.15) is 5.75 Å². The molecule has 1 aliphatic carbocycles. The van der Waals surface area contributed by atoms with Gasteiger partial charge in [-0.25, -0.2) is 0 Å². The van der Waals surface area contributed by atoms with Gasteiger partial charge in [-0.3, -0.25) is 4.79 Å². The van der Waals surface area contributed by atoms with Crippen LogP contribution in [0.5, 0.6) is 5.75 Å². The molecular weight excluding hydrogens is 264 g/mol. The van der Waals surface area contributed by atoms with Crippen LogP contribution in [0.1, 0.15) is 33.6 Å². The van der Waals surface area contributed by atoms with Crippen molar-refractivity contribution in [1.82, 2.24) is 0 Å². The predicted molar refractivity (Wildman–Crippen MR) is 85.2 cm³/mol. The Morgan fingerprint density at radius 1 is 1.38 bits per heavy atom. The van der Waals surface area contributed by atoms with E-state index in [1.807, 2.05) is 6.07 Å². The Morgan fingerprint density at radius 3 is 2.67 bits per heavy atom. The maximum absolute atomic E-state index is 12.9. The highest BCUT2D eigenvalue weighted by Gasteiger charge is 2.45. The number of aromatic hydroxyl groups is 1. The standard InChI is InChI=1S/C17H26N2O2/c1-11-15(18)9-8-14(17(11,2)3)16(21)19(4)12-6-5-7-13(20)10-12/h5-7,10-11,14-15,20H,8-9,18H2,1-4H3. The second-order valence-corrected chi connectivity index (χ2v) is 6.82. The maximum atomic E-state index is 12.9. The van der Waals surface area contributed by atoms with Crippen LogP contribution in [-0.4, -0.2) is 24.1 Å². The Hall–Kier alpha value is -1.55. The molecule has 0 spiro atoms. The Balaban J connectivity index is 2.23. The first kappa shape index (κ1) is 15.8. The third-order valence-corrected chi connectivity index (χ3v) is 5.35. The zero-order valence-corrected chi connectivity index (χ0v) is 13.3. The van der Waals surface area contributed by atoms with Gasteiger partial charge in [-0.05, 0) is 36.3 Å². The molecule has 0 aliphatic heterocycles. The first-order chi connectivity index (χ1) is 9.75. The van der Waals surface area contributed by atoms with E-state index in [0.717, 1.165) is 18.5 Å². The molecule has 0 bridgehead atoms. The average Bonchev–Trinajstić information content (AvgIpc) is 2.43. The lowest BCUT2D eigenvalue weighted by Gasteiger charge is -2.47. The van der Waals surface area contributed by atoms with Crippen molar-refractivity contribution in [3.05, 3.63) is 24.3 Å². The summed E-state index contributed by atoms with van der Waals surface area (Å²) in [7, 11) is 1.77. The number of rotatable bonds is 2. The first-order valence-corrected chi connectivity index (χ1v) is 7.57. The fourth-order valence-corrected chi connectivity index (χ4v) is 3.35. The SMILES string of the molecule is CC1C(N)CCC(C(=O)N(C)c2cccc(O)c2)C1(C)C. The van der Waals surface area contributed by atoms with E-state index in [4.69, 9.17) is 5.73 Å². The topological polar surface area (TPSA) is 66.6 Å². The molecule has 4 nitrogen and oxygen atoms in total. The number of phenols is 1. The van der Waals surface area contributed by atoms with E-state index in [1.54, 1.807) is 30.1 Å². The molecule has 1 aliphatic rings. The predicted octanol–water partition coefficient (Wildman–Crippen LogP) is 2.75. The molecule has 1 amide bonds. The molecule has 0 saturated heterocycles. The van der Waals surface area contributed by atoms with Crippen LogP contribution in [0.4, 0.5) is 5.69 Å². The van der Waals surface area contributed by atoms with Crippen molar-refractivity contribution in [3.63, 3.8) is 0 Å².